The van der Waals surface area contributed by atoms with Gasteiger partial charge in [-0.2, -0.15) is 18.2 Å². The van der Waals surface area contributed by atoms with Gasteiger partial charge in [0, 0.05) is 6.42 Å². The van der Waals surface area contributed by atoms with Crippen LogP contribution in [0, 0.1) is 6.07 Å². The fourth-order valence-corrected chi connectivity index (χ4v) is 1.36. The second kappa shape index (κ2) is 4.77. The molecule has 0 aliphatic rings. The molecular weight excluding hydrogens is 249 g/mol. The van der Waals surface area contributed by atoms with Gasteiger partial charge in [0.1, 0.15) is 0 Å². The van der Waals surface area contributed by atoms with E-state index < -0.39 is 18.2 Å². The average Bonchev–Trinajstić information content (AvgIpc) is 2.78. The summed E-state index contributed by atoms with van der Waals surface area (Å²) in [7, 11) is 0. The molecule has 1 atom stereocenters. The van der Waals surface area contributed by atoms with Crippen molar-refractivity contribution < 1.29 is 22.8 Å². The Balaban J connectivity index is 2.08. The lowest BCUT2D eigenvalue weighted by molar-refractivity contribution is -0.159. The van der Waals surface area contributed by atoms with Crippen LogP contribution in [0.15, 0.2) is 28.8 Å². The standard InChI is InChI=1S/C11H8F3N2O2/c12-11(13,14)10-15-9(16-18-10)6-8(17)7-4-2-1-3-5-7/h2-5,8,17H,6H2. The SMILES string of the molecule is OC(Cc1noc(C(F)(F)F)n1)c1cc[c]cc1. The number of hydrogen-bond acceptors (Lipinski definition) is 4. The van der Waals surface area contributed by atoms with Crippen molar-refractivity contribution in [3.8, 4) is 0 Å². The van der Waals surface area contributed by atoms with Gasteiger partial charge >= 0.3 is 12.1 Å². The summed E-state index contributed by atoms with van der Waals surface area (Å²) in [4.78, 5) is 3.18. The molecule has 0 bridgehead atoms. The third-order valence-electron chi connectivity index (χ3n) is 2.22. The first-order chi connectivity index (χ1) is 8.47. The fraction of sp³-hybridized carbons (Fsp3) is 0.273. The van der Waals surface area contributed by atoms with Crippen molar-refractivity contribution >= 4 is 0 Å². The first-order valence-electron chi connectivity index (χ1n) is 5.00. The molecule has 0 aliphatic carbocycles. The van der Waals surface area contributed by atoms with Crippen LogP contribution in [-0.2, 0) is 12.6 Å². The molecule has 2 rings (SSSR count). The molecular formula is C11H8F3N2O2. The van der Waals surface area contributed by atoms with Gasteiger partial charge in [-0.1, -0.05) is 29.4 Å². The zero-order valence-corrected chi connectivity index (χ0v) is 8.98. The molecule has 1 N–H and O–H groups in total. The second-order valence-corrected chi connectivity index (χ2v) is 3.57. The van der Waals surface area contributed by atoms with Gasteiger partial charge in [0.25, 0.3) is 0 Å². The van der Waals surface area contributed by atoms with Crippen molar-refractivity contribution in [3.63, 3.8) is 0 Å². The molecule has 95 valence electrons. The number of aliphatic hydroxyl groups is 1. The van der Waals surface area contributed by atoms with E-state index in [0.29, 0.717) is 5.56 Å². The number of benzene rings is 1. The summed E-state index contributed by atoms with van der Waals surface area (Å²) in [5.41, 5.74) is 0.548. The molecule has 1 aromatic heterocycles. The van der Waals surface area contributed by atoms with E-state index in [1.54, 1.807) is 24.3 Å². The number of aliphatic hydroxyl groups excluding tert-OH is 1. The van der Waals surface area contributed by atoms with Crippen LogP contribution >= 0.6 is 0 Å². The largest absolute Gasteiger partial charge is 0.471 e. The lowest BCUT2D eigenvalue weighted by atomic mass is 10.1. The van der Waals surface area contributed by atoms with Crippen molar-refractivity contribution in [3.05, 3.63) is 47.6 Å². The number of alkyl halides is 3. The first kappa shape index (κ1) is 12.6. The summed E-state index contributed by atoms with van der Waals surface area (Å²) in [6.07, 6.45) is -5.81. The molecule has 0 saturated carbocycles. The van der Waals surface area contributed by atoms with Crippen LogP contribution in [0.1, 0.15) is 23.4 Å². The smallest absolute Gasteiger partial charge is 0.388 e. The first-order valence-corrected chi connectivity index (χ1v) is 5.00. The van der Waals surface area contributed by atoms with Crippen LogP contribution in [0.4, 0.5) is 13.2 Å². The van der Waals surface area contributed by atoms with Gasteiger partial charge < -0.3 is 9.63 Å². The third kappa shape index (κ3) is 2.86. The zero-order valence-electron chi connectivity index (χ0n) is 8.98. The highest BCUT2D eigenvalue weighted by Crippen LogP contribution is 2.28. The van der Waals surface area contributed by atoms with Gasteiger partial charge in [-0.25, -0.2) is 0 Å². The van der Waals surface area contributed by atoms with E-state index in [4.69, 9.17) is 0 Å². The van der Waals surface area contributed by atoms with Crippen LogP contribution in [0.5, 0.6) is 0 Å². The van der Waals surface area contributed by atoms with E-state index >= 15 is 0 Å². The molecule has 0 aliphatic heterocycles. The van der Waals surface area contributed by atoms with Crippen LogP contribution in [0.2, 0.25) is 0 Å². The Morgan fingerprint density at radius 2 is 2.00 bits per heavy atom. The van der Waals surface area contributed by atoms with Crippen molar-refractivity contribution in [2.45, 2.75) is 18.7 Å². The van der Waals surface area contributed by atoms with Crippen molar-refractivity contribution in [2.75, 3.05) is 0 Å². The summed E-state index contributed by atoms with van der Waals surface area (Å²) in [6.45, 7) is 0. The molecule has 0 amide bonds. The summed E-state index contributed by atoms with van der Waals surface area (Å²) in [5.74, 6) is -1.60. The highest BCUT2D eigenvalue weighted by molar-refractivity contribution is 5.17. The predicted octanol–water partition coefficient (Wildman–Crippen LogP) is 2.16. The number of rotatable bonds is 3. The summed E-state index contributed by atoms with van der Waals surface area (Å²) < 4.78 is 40.7. The molecule has 4 nitrogen and oxygen atoms in total. The molecule has 0 spiro atoms. The molecule has 18 heavy (non-hydrogen) atoms. The van der Waals surface area contributed by atoms with Crippen LogP contribution in [-0.4, -0.2) is 15.2 Å². The maximum atomic E-state index is 12.2. The maximum absolute atomic E-state index is 12.2. The molecule has 1 unspecified atom stereocenters. The van der Waals surface area contributed by atoms with Crippen molar-refractivity contribution in [1.29, 1.82) is 0 Å². The monoisotopic (exact) mass is 257 g/mol. The molecule has 1 radical (unpaired) electrons. The van der Waals surface area contributed by atoms with E-state index in [0.717, 1.165) is 0 Å². The Kier molecular flexibility index (Phi) is 3.33. The summed E-state index contributed by atoms with van der Waals surface area (Å²) in [6, 6.07) is 9.17. The van der Waals surface area contributed by atoms with E-state index in [2.05, 4.69) is 20.7 Å². The molecule has 0 fully saturated rings. The Labute approximate surface area is 100 Å². The van der Waals surface area contributed by atoms with E-state index in [1.807, 2.05) is 0 Å². The van der Waals surface area contributed by atoms with E-state index in [-0.39, 0.29) is 12.2 Å². The highest BCUT2D eigenvalue weighted by atomic mass is 19.4. The highest BCUT2D eigenvalue weighted by Gasteiger charge is 2.38. The normalized spacial score (nSPS) is 13.6. The van der Waals surface area contributed by atoms with Gasteiger partial charge in [0.15, 0.2) is 5.82 Å². The van der Waals surface area contributed by atoms with Gasteiger partial charge in [0.2, 0.25) is 0 Å². The molecule has 0 saturated heterocycles. The van der Waals surface area contributed by atoms with Crippen LogP contribution < -0.4 is 0 Å². The quantitative estimate of drug-likeness (QED) is 0.915. The van der Waals surface area contributed by atoms with Crippen LogP contribution in [0.25, 0.3) is 0 Å². The van der Waals surface area contributed by atoms with Crippen LogP contribution in [0.3, 0.4) is 0 Å². The van der Waals surface area contributed by atoms with E-state index in [9.17, 15) is 18.3 Å². The number of nitrogens with zero attached hydrogens (tertiary/aromatic N) is 2. The van der Waals surface area contributed by atoms with Gasteiger partial charge in [-0.15, -0.1) is 0 Å². The Bertz CT molecular complexity index is 511. The van der Waals surface area contributed by atoms with Crippen molar-refractivity contribution in [2.24, 2.45) is 0 Å². The minimum absolute atomic E-state index is 0.149. The molecule has 1 aromatic carbocycles. The maximum Gasteiger partial charge on any atom is 0.471 e. The van der Waals surface area contributed by atoms with E-state index in [1.165, 1.54) is 0 Å². The Morgan fingerprint density at radius 3 is 2.56 bits per heavy atom. The lowest BCUT2D eigenvalue weighted by Gasteiger charge is -2.07. The average molecular weight is 257 g/mol. The number of halogens is 3. The summed E-state index contributed by atoms with van der Waals surface area (Å²) in [5, 5.41) is 12.9. The summed E-state index contributed by atoms with van der Waals surface area (Å²) >= 11 is 0. The third-order valence-corrected chi connectivity index (χ3v) is 2.22. The molecule has 1 heterocycles. The lowest BCUT2D eigenvalue weighted by Crippen LogP contribution is -2.07. The Morgan fingerprint density at radius 1 is 1.33 bits per heavy atom. The van der Waals surface area contributed by atoms with Crippen molar-refractivity contribution in [1.82, 2.24) is 10.1 Å². The predicted molar refractivity (Wildman–Crippen MR) is 53.2 cm³/mol. The minimum atomic E-state index is -4.67. The molecule has 7 heteroatoms. The minimum Gasteiger partial charge on any atom is -0.388 e. The second-order valence-electron chi connectivity index (χ2n) is 3.57. The zero-order chi connectivity index (χ0) is 13.2. The topological polar surface area (TPSA) is 59.2 Å². The van der Waals surface area contributed by atoms with Gasteiger partial charge in [-0.05, 0) is 11.6 Å². The molecule has 2 aromatic rings. The Hall–Kier alpha value is -1.89. The number of aromatic nitrogens is 2. The van der Waals surface area contributed by atoms with Gasteiger partial charge in [0.05, 0.1) is 6.10 Å². The van der Waals surface area contributed by atoms with Gasteiger partial charge in [-0.3, -0.25) is 0 Å². The number of hydrogen-bond donors (Lipinski definition) is 1. The fourth-order valence-electron chi connectivity index (χ4n) is 1.36.